The molecule has 2 N–H and O–H groups in total. The lowest BCUT2D eigenvalue weighted by atomic mass is 10.4. The van der Waals surface area contributed by atoms with E-state index in [1.54, 1.807) is 6.07 Å². The van der Waals surface area contributed by atoms with Crippen molar-refractivity contribution in [3.8, 4) is 0 Å². The summed E-state index contributed by atoms with van der Waals surface area (Å²) in [6.07, 6.45) is 1.32. The topological polar surface area (TPSA) is 96.4 Å². The number of aromatic nitrogens is 1. The van der Waals surface area contributed by atoms with Crippen molar-refractivity contribution in [3.05, 3.63) is 24.4 Å². The molecule has 0 fully saturated rings. The molecular formula is C8H10N2O4S. The molecule has 6 nitrogen and oxygen atoms in total. The minimum Gasteiger partial charge on any atom is -0.480 e. The minimum absolute atomic E-state index is 0.196. The number of carboxylic acid groups (broad SMARTS) is 1. The number of nitrogens with one attached hydrogen (secondary N) is 1. The normalized spacial score (nSPS) is 13.4. The second kappa shape index (κ2) is 4.37. The number of pyridine rings is 1. The fraction of sp³-hybridized carbons (Fsp3) is 0.250. The Bertz CT molecular complexity index is 443. The molecule has 0 bridgehead atoms. The molecule has 15 heavy (non-hydrogen) atoms. The van der Waals surface area contributed by atoms with Crippen LogP contribution >= 0.6 is 0 Å². The summed E-state index contributed by atoms with van der Waals surface area (Å²) in [5, 5.41) is 8.35. The first-order valence-corrected chi connectivity index (χ1v) is 5.58. The van der Waals surface area contributed by atoms with Gasteiger partial charge in [-0.25, -0.2) is 13.4 Å². The number of sulfonamides is 1. The van der Waals surface area contributed by atoms with Gasteiger partial charge in [0, 0.05) is 6.20 Å². The quantitative estimate of drug-likeness (QED) is 0.748. The molecule has 0 aliphatic rings. The zero-order valence-electron chi connectivity index (χ0n) is 7.91. The summed E-state index contributed by atoms with van der Waals surface area (Å²) >= 11 is 0. The van der Waals surface area contributed by atoms with Gasteiger partial charge in [-0.15, -0.1) is 0 Å². The molecule has 0 unspecified atom stereocenters. The first kappa shape index (κ1) is 11.6. The molecule has 82 valence electrons. The SMILES string of the molecule is C[C@@H](NS(=O)(=O)c1ccccn1)C(=O)O. The van der Waals surface area contributed by atoms with Gasteiger partial charge in [-0.05, 0) is 19.1 Å². The van der Waals surface area contributed by atoms with E-state index in [4.69, 9.17) is 5.11 Å². The summed E-state index contributed by atoms with van der Waals surface area (Å²) < 4.78 is 25.0. The summed E-state index contributed by atoms with van der Waals surface area (Å²) in [5.41, 5.74) is 0. The highest BCUT2D eigenvalue weighted by molar-refractivity contribution is 7.89. The van der Waals surface area contributed by atoms with Crippen LogP contribution in [0.4, 0.5) is 0 Å². The Morgan fingerprint density at radius 3 is 2.67 bits per heavy atom. The van der Waals surface area contributed by atoms with Crippen molar-refractivity contribution in [1.82, 2.24) is 9.71 Å². The van der Waals surface area contributed by atoms with Gasteiger partial charge < -0.3 is 5.11 Å². The van der Waals surface area contributed by atoms with Crippen molar-refractivity contribution in [3.63, 3.8) is 0 Å². The molecule has 7 heteroatoms. The van der Waals surface area contributed by atoms with Crippen molar-refractivity contribution in [2.24, 2.45) is 0 Å². The zero-order chi connectivity index (χ0) is 11.5. The molecule has 0 radical (unpaired) electrons. The van der Waals surface area contributed by atoms with Crippen molar-refractivity contribution in [2.45, 2.75) is 18.0 Å². The van der Waals surface area contributed by atoms with Gasteiger partial charge in [-0.1, -0.05) is 6.07 Å². The number of aliphatic carboxylic acids is 1. The van der Waals surface area contributed by atoms with Crippen molar-refractivity contribution >= 4 is 16.0 Å². The number of carbonyl (C=O) groups is 1. The highest BCUT2D eigenvalue weighted by atomic mass is 32.2. The van der Waals surface area contributed by atoms with Crippen LogP contribution in [-0.4, -0.2) is 30.5 Å². The lowest BCUT2D eigenvalue weighted by Crippen LogP contribution is -2.38. The monoisotopic (exact) mass is 230 g/mol. The average molecular weight is 230 g/mol. The predicted molar refractivity (Wildman–Crippen MR) is 51.7 cm³/mol. The van der Waals surface area contributed by atoms with Gasteiger partial charge in [0.05, 0.1) is 0 Å². The van der Waals surface area contributed by atoms with E-state index in [1.165, 1.54) is 25.3 Å². The molecule has 0 saturated carbocycles. The Kier molecular flexibility index (Phi) is 3.38. The van der Waals surface area contributed by atoms with E-state index in [0.29, 0.717) is 0 Å². The fourth-order valence-electron chi connectivity index (χ4n) is 0.850. The van der Waals surface area contributed by atoms with Crippen LogP contribution in [0.25, 0.3) is 0 Å². The third-order valence-corrected chi connectivity index (χ3v) is 3.07. The molecular weight excluding hydrogens is 220 g/mol. The maximum Gasteiger partial charge on any atom is 0.321 e. The van der Waals surface area contributed by atoms with Gasteiger partial charge in [0.1, 0.15) is 6.04 Å². The minimum atomic E-state index is -3.85. The first-order valence-electron chi connectivity index (χ1n) is 4.09. The van der Waals surface area contributed by atoms with Crippen LogP contribution in [-0.2, 0) is 14.8 Å². The molecule has 0 spiro atoms. The number of hydrogen-bond acceptors (Lipinski definition) is 4. The van der Waals surface area contributed by atoms with Crippen LogP contribution in [0.3, 0.4) is 0 Å². The van der Waals surface area contributed by atoms with Crippen molar-refractivity contribution in [1.29, 1.82) is 0 Å². The van der Waals surface area contributed by atoms with E-state index < -0.39 is 22.0 Å². The van der Waals surface area contributed by atoms with Gasteiger partial charge in [0.15, 0.2) is 5.03 Å². The standard InChI is InChI=1S/C8H10N2O4S/c1-6(8(11)12)10-15(13,14)7-4-2-3-5-9-7/h2-6,10H,1H3,(H,11,12)/t6-/m1/s1. The largest absolute Gasteiger partial charge is 0.480 e. The van der Waals surface area contributed by atoms with E-state index in [9.17, 15) is 13.2 Å². The highest BCUT2D eigenvalue weighted by Crippen LogP contribution is 2.03. The Morgan fingerprint density at radius 1 is 1.53 bits per heavy atom. The molecule has 1 aromatic heterocycles. The van der Waals surface area contributed by atoms with Gasteiger partial charge in [-0.3, -0.25) is 4.79 Å². The Balaban J connectivity index is 2.91. The molecule has 0 aliphatic heterocycles. The average Bonchev–Trinajstić information content (AvgIpc) is 2.18. The Hall–Kier alpha value is -1.47. The number of carboxylic acids is 1. The Morgan fingerprint density at radius 2 is 2.20 bits per heavy atom. The van der Waals surface area contributed by atoms with Crippen molar-refractivity contribution in [2.75, 3.05) is 0 Å². The van der Waals surface area contributed by atoms with E-state index in [2.05, 4.69) is 4.98 Å². The van der Waals surface area contributed by atoms with Gasteiger partial charge in [0.25, 0.3) is 10.0 Å². The summed E-state index contributed by atoms with van der Waals surface area (Å²) in [6.45, 7) is 1.24. The third-order valence-electron chi connectivity index (χ3n) is 1.62. The van der Waals surface area contributed by atoms with Crippen LogP contribution in [0, 0.1) is 0 Å². The molecule has 1 atom stereocenters. The molecule has 0 aromatic carbocycles. The van der Waals surface area contributed by atoms with E-state index in [1.807, 2.05) is 4.72 Å². The molecule has 1 heterocycles. The van der Waals surface area contributed by atoms with Crippen LogP contribution in [0.5, 0.6) is 0 Å². The van der Waals surface area contributed by atoms with Crippen LogP contribution < -0.4 is 4.72 Å². The number of hydrogen-bond donors (Lipinski definition) is 2. The molecule has 1 aromatic rings. The summed E-state index contributed by atoms with van der Waals surface area (Å²) in [7, 11) is -3.85. The van der Waals surface area contributed by atoms with Gasteiger partial charge in [-0.2, -0.15) is 4.72 Å². The number of rotatable bonds is 4. The van der Waals surface area contributed by atoms with Crippen LogP contribution in [0.1, 0.15) is 6.92 Å². The fourth-order valence-corrected chi connectivity index (χ4v) is 1.99. The molecule has 0 saturated heterocycles. The maximum absolute atomic E-state index is 11.5. The van der Waals surface area contributed by atoms with Crippen molar-refractivity contribution < 1.29 is 18.3 Å². The molecule has 0 aliphatic carbocycles. The maximum atomic E-state index is 11.5. The first-order chi connectivity index (χ1) is 6.93. The number of nitrogens with zero attached hydrogens (tertiary/aromatic N) is 1. The Labute approximate surface area is 87.0 Å². The summed E-state index contributed by atoms with van der Waals surface area (Å²) in [5.74, 6) is -1.24. The molecule has 0 amide bonds. The van der Waals surface area contributed by atoms with E-state index in [0.717, 1.165) is 0 Å². The summed E-state index contributed by atoms with van der Waals surface area (Å²) in [4.78, 5) is 14.1. The van der Waals surface area contributed by atoms with Crippen LogP contribution in [0.15, 0.2) is 29.4 Å². The third kappa shape index (κ3) is 3.00. The summed E-state index contributed by atoms with van der Waals surface area (Å²) in [6, 6.07) is 3.18. The second-order valence-electron chi connectivity index (χ2n) is 2.85. The van der Waals surface area contributed by atoms with E-state index in [-0.39, 0.29) is 5.03 Å². The zero-order valence-corrected chi connectivity index (χ0v) is 8.73. The lowest BCUT2D eigenvalue weighted by molar-refractivity contribution is -0.138. The highest BCUT2D eigenvalue weighted by Gasteiger charge is 2.21. The smallest absolute Gasteiger partial charge is 0.321 e. The van der Waals surface area contributed by atoms with Crippen LogP contribution in [0.2, 0.25) is 0 Å². The van der Waals surface area contributed by atoms with Gasteiger partial charge >= 0.3 is 5.97 Å². The van der Waals surface area contributed by atoms with Gasteiger partial charge in [0.2, 0.25) is 0 Å². The molecule has 1 rings (SSSR count). The lowest BCUT2D eigenvalue weighted by Gasteiger charge is -2.08. The van der Waals surface area contributed by atoms with E-state index >= 15 is 0 Å². The second-order valence-corrected chi connectivity index (χ2v) is 4.51. The predicted octanol–water partition coefficient (Wildman–Crippen LogP) is -0.167.